The lowest BCUT2D eigenvalue weighted by Gasteiger charge is -2.31. The highest BCUT2D eigenvalue weighted by Gasteiger charge is 2.31. The molecule has 2 N–H and O–H groups in total. The summed E-state index contributed by atoms with van der Waals surface area (Å²) >= 11 is 0. The van der Waals surface area contributed by atoms with Crippen LogP contribution >= 0.6 is 0 Å². The lowest BCUT2D eigenvalue weighted by molar-refractivity contribution is -0.135. The number of likely N-dealkylation sites (tertiary alicyclic amines) is 2. The SMILES string of the molecule is CCNC(=NCC1CCN(CCOC)CC1)NC1CCN(C(=O)C2CCCCC2)C1. The third-order valence-corrected chi connectivity index (χ3v) is 6.97. The molecule has 3 rings (SSSR count). The van der Waals surface area contributed by atoms with E-state index in [4.69, 9.17) is 9.73 Å². The lowest BCUT2D eigenvalue weighted by atomic mass is 9.88. The number of amides is 1. The molecule has 0 bridgehead atoms. The molecule has 7 heteroatoms. The third-order valence-electron chi connectivity index (χ3n) is 6.97. The maximum absolute atomic E-state index is 12.8. The molecule has 0 aromatic heterocycles. The summed E-state index contributed by atoms with van der Waals surface area (Å²) in [5.41, 5.74) is 0. The number of hydrogen-bond donors (Lipinski definition) is 2. The number of carbonyl (C=O) groups excluding carboxylic acids is 1. The van der Waals surface area contributed by atoms with Gasteiger partial charge >= 0.3 is 0 Å². The predicted octanol–water partition coefficient (Wildman–Crippen LogP) is 2.08. The zero-order valence-electron chi connectivity index (χ0n) is 19.2. The van der Waals surface area contributed by atoms with Gasteiger partial charge in [-0.1, -0.05) is 19.3 Å². The smallest absolute Gasteiger partial charge is 0.225 e. The predicted molar refractivity (Wildman–Crippen MR) is 122 cm³/mol. The van der Waals surface area contributed by atoms with Gasteiger partial charge in [-0.25, -0.2) is 0 Å². The first kappa shape index (κ1) is 23.3. The molecule has 30 heavy (non-hydrogen) atoms. The molecule has 3 aliphatic rings. The summed E-state index contributed by atoms with van der Waals surface area (Å²) < 4.78 is 5.19. The van der Waals surface area contributed by atoms with Crippen LogP contribution in [-0.2, 0) is 9.53 Å². The van der Waals surface area contributed by atoms with Gasteiger partial charge in [0, 0.05) is 51.8 Å². The van der Waals surface area contributed by atoms with Gasteiger partial charge in [-0.3, -0.25) is 9.79 Å². The van der Waals surface area contributed by atoms with Crippen molar-refractivity contribution >= 4 is 11.9 Å². The highest BCUT2D eigenvalue weighted by atomic mass is 16.5. The van der Waals surface area contributed by atoms with Crippen LogP contribution in [0.15, 0.2) is 4.99 Å². The van der Waals surface area contributed by atoms with Crippen molar-refractivity contribution in [1.82, 2.24) is 20.4 Å². The van der Waals surface area contributed by atoms with Crippen molar-refractivity contribution in [3.63, 3.8) is 0 Å². The van der Waals surface area contributed by atoms with Crippen molar-refractivity contribution in [3.8, 4) is 0 Å². The Hall–Kier alpha value is -1.34. The summed E-state index contributed by atoms with van der Waals surface area (Å²) in [6.07, 6.45) is 9.33. The number of methoxy groups -OCH3 is 1. The van der Waals surface area contributed by atoms with Gasteiger partial charge in [0.2, 0.25) is 5.91 Å². The Morgan fingerprint density at radius 1 is 1.07 bits per heavy atom. The summed E-state index contributed by atoms with van der Waals surface area (Å²) in [4.78, 5) is 22.3. The van der Waals surface area contributed by atoms with Crippen molar-refractivity contribution < 1.29 is 9.53 Å². The van der Waals surface area contributed by atoms with Crippen molar-refractivity contribution in [3.05, 3.63) is 0 Å². The Bertz CT molecular complexity index is 542. The van der Waals surface area contributed by atoms with E-state index >= 15 is 0 Å². The molecule has 2 aliphatic heterocycles. The van der Waals surface area contributed by atoms with Crippen molar-refractivity contribution in [2.75, 3.05) is 59.5 Å². The van der Waals surface area contributed by atoms with Crippen molar-refractivity contribution in [2.24, 2.45) is 16.8 Å². The van der Waals surface area contributed by atoms with E-state index in [-0.39, 0.29) is 5.92 Å². The number of hydrogen-bond acceptors (Lipinski definition) is 4. The summed E-state index contributed by atoms with van der Waals surface area (Å²) in [5.74, 6) is 2.24. The molecule has 2 saturated heterocycles. The fraction of sp³-hybridized carbons (Fsp3) is 0.913. The van der Waals surface area contributed by atoms with Gasteiger partial charge in [-0.2, -0.15) is 0 Å². The average molecular weight is 422 g/mol. The molecule has 1 unspecified atom stereocenters. The molecular formula is C23H43N5O2. The summed E-state index contributed by atoms with van der Waals surface area (Å²) in [5, 5.41) is 7.00. The van der Waals surface area contributed by atoms with Gasteiger partial charge in [0.25, 0.3) is 0 Å². The molecule has 3 fully saturated rings. The van der Waals surface area contributed by atoms with E-state index in [0.29, 0.717) is 17.9 Å². The number of nitrogens with zero attached hydrogens (tertiary/aromatic N) is 3. The average Bonchev–Trinajstić information content (AvgIpc) is 3.25. The van der Waals surface area contributed by atoms with Crippen molar-refractivity contribution in [2.45, 2.75) is 64.3 Å². The van der Waals surface area contributed by atoms with E-state index in [0.717, 1.165) is 77.6 Å². The topological polar surface area (TPSA) is 69.2 Å². The molecule has 172 valence electrons. The fourth-order valence-corrected chi connectivity index (χ4v) is 5.03. The minimum atomic E-state index is 0.272. The van der Waals surface area contributed by atoms with Gasteiger partial charge in [0.15, 0.2) is 5.96 Å². The van der Waals surface area contributed by atoms with E-state index in [1.807, 2.05) is 0 Å². The number of ether oxygens (including phenoxy) is 1. The fourth-order valence-electron chi connectivity index (χ4n) is 5.03. The molecule has 0 radical (unpaired) electrons. The highest BCUT2D eigenvalue weighted by molar-refractivity contribution is 5.81. The Morgan fingerprint density at radius 3 is 2.53 bits per heavy atom. The number of piperidine rings is 1. The van der Waals surface area contributed by atoms with Crippen LogP contribution in [0.4, 0.5) is 0 Å². The van der Waals surface area contributed by atoms with Crippen LogP contribution in [0.1, 0.15) is 58.3 Å². The van der Waals surface area contributed by atoms with Gasteiger partial charge in [-0.15, -0.1) is 0 Å². The van der Waals surface area contributed by atoms with Crippen LogP contribution in [0.25, 0.3) is 0 Å². The number of aliphatic imine (C=N–C) groups is 1. The van der Waals surface area contributed by atoms with E-state index in [9.17, 15) is 4.79 Å². The van der Waals surface area contributed by atoms with Gasteiger partial charge < -0.3 is 25.2 Å². The van der Waals surface area contributed by atoms with Crippen LogP contribution in [0.2, 0.25) is 0 Å². The number of carbonyl (C=O) groups is 1. The molecule has 1 aliphatic carbocycles. The van der Waals surface area contributed by atoms with Crippen LogP contribution in [0.3, 0.4) is 0 Å². The molecular weight excluding hydrogens is 378 g/mol. The molecule has 2 heterocycles. The normalized spacial score (nSPS) is 24.9. The van der Waals surface area contributed by atoms with Crippen LogP contribution in [0, 0.1) is 11.8 Å². The first-order valence-corrected chi connectivity index (χ1v) is 12.2. The van der Waals surface area contributed by atoms with E-state index in [1.165, 1.54) is 32.1 Å². The lowest BCUT2D eigenvalue weighted by Crippen LogP contribution is -2.46. The third kappa shape index (κ3) is 7.12. The van der Waals surface area contributed by atoms with E-state index in [1.54, 1.807) is 7.11 Å². The van der Waals surface area contributed by atoms with Gasteiger partial charge in [0.1, 0.15) is 0 Å². The first-order valence-electron chi connectivity index (χ1n) is 12.2. The largest absolute Gasteiger partial charge is 0.383 e. The van der Waals surface area contributed by atoms with Crippen LogP contribution < -0.4 is 10.6 Å². The molecule has 1 amide bonds. The molecule has 1 atom stereocenters. The zero-order valence-corrected chi connectivity index (χ0v) is 19.2. The molecule has 0 spiro atoms. The quantitative estimate of drug-likeness (QED) is 0.464. The Morgan fingerprint density at radius 2 is 1.83 bits per heavy atom. The van der Waals surface area contributed by atoms with Crippen LogP contribution in [0.5, 0.6) is 0 Å². The summed E-state index contributed by atoms with van der Waals surface area (Å²) in [7, 11) is 1.77. The number of nitrogens with one attached hydrogen (secondary N) is 2. The summed E-state index contributed by atoms with van der Waals surface area (Å²) in [6, 6.07) is 0.311. The maximum Gasteiger partial charge on any atom is 0.225 e. The van der Waals surface area contributed by atoms with Gasteiger partial charge in [-0.05, 0) is 58.0 Å². The molecule has 0 aromatic carbocycles. The monoisotopic (exact) mass is 421 g/mol. The Balaban J connectivity index is 1.42. The van der Waals surface area contributed by atoms with E-state index < -0.39 is 0 Å². The summed E-state index contributed by atoms with van der Waals surface area (Å²) in [6.45, 7) is 9.70. The second-order valence-electron chi connectivity index (χ2n) is 9.25. The molecule has 0 aromatic rings. The minimum absolute atomic E-state index is 0.272. The maximum atomic E-state index is 12.8. The minimum Gasteiger partial charge on any atom is -0.383 e. The Labute approximate surface area is 183 Å². The number of guanidine groups is 1. The van der Waals surface area contributed by atoms with E-state index in [2.05, 4.69) is 27.4 Å². The zero-order chi connectivity index (χ0) is 21.2. The first-order chi connectivity index (χ1) is 14.7. The van der Waals surface area contributed by atoms with Crippen molar-refractivity contribution in [1.29, 1.82) is 0 Å². The second kappa shape index (κ2) is 12.5. The second-order valence-corrected chi connectivity index (χ2v) is 9.25. The standard InChI is InChI=1S/C23H43N5O2/c1-3-24-23(25-17-19-9-12-27(13-10-19)15-16-30-2)26-21-11-14-28(18-21)22(29)20-7-5-4-6-8-20/h19-21H,3-18H2,1-2H3,(H2,24,25,26). The number of rotatable bonds is 8. The Kier molecular flexibility index (Phi) is 9.72. The highest BCUT2D eigenvalue weighted by Crippen LogP contribution is 2.26. The van der Waals surface area contributed by atoms with Gasteiger partial charge in [0.05, 0.1) is 6.61 Å². The van der Waals surface area contributed by atoms with Crippen LogP contribution in [-0.4, -0.2) is 87.2 Å². The molecule has 1 saturated carbocycles. The molecule has 7 nitrogen and oxygen atoms in total.